The van der Waals surface area contributed by atoms with Crippen molar-refractivity contribution >= 4 is 69.6 Å². The molecule has 0 unspecified atom stereocenters. The summed E-state index contributed by atoms with van der Waals surface area (Å²) in [5.74, 6) is 0. The number of benzene rings is 1. The molecule has 0 aliphatic carbocycles. The topological polar surface area (TPSA) is 57.4 Å². The number of nitrogens with zero attached hydrogens (tertiary/aromatic N) is 2. The van der Waals surface area contributed by atoms with Gasteiger partial charge in [0, 0.05) is 43.2 Å². The van der Waals surface area contributed by atoms with Crippen LogP contribution in [-0.2, 0) is 0 Å². The van der Waals surface area contributed by atoms with Gasteiger partial charge in [0.05, 0.1) is 22.8 Å². The molecule has 3 aromatic heterocycles. The standard InChI is InChI=1S/C26H16Cl2N4/c27-15-1-8-23(25(28)9-15)24-13-22-12-20-5-4-18(30-20)10-16-2-3-17(29-16)11-19-6-7-21(31-19)14-26(24)32-22/h1-14,29,32H. The van der Waals surface area contributed by atoms with Gasteiger partial charge in [-0.2, -0.15) is 0 Å². The molecule has 1 aromatic carbocycles. The number of rotatable bonds is 1. The minimum absolute atomic E-state index is 0.596. The van der Waals surface area contributed by atoms with Gasteiger partial charge in [-0.05, 0) is 78.9 Å². The van der Waals surface area contributed by atoms with Gasteiger partial charge in [-0.1, -0.05) is 29.3 Å². The van der Waals surface area contributed by atoms with E-state index in [-0.39, 0.29) is 0 Å². The van der Waals surface area contributed by atoms with Crippen molar-refractivity contribution in [2.45, 2.75) is 0 Å². The first kappa shape index (κ1) is 19.1. The SMILES string of the molecule is Clc1ccc(-c2cc3cc4nc(cc5ccc(cc6nc(cc2[nH]3)C=C6)[nH]5)C=C4)c(Cl)c1. The second-order valence-corrected chi connectivity index (χ2v) is 8.56. The van der Waals surface area contributed by atoms with E-state index in [4.69, 9.17) is 33.2 Å². The first-order chi connectivity index (χ1) is 15.6. The lowest BCUT2D eigenvalue weighted by Gasteiger charge is -2.03. The highest BCUT2D eigenvalue weighted by Gasteiger charge is 2.10. The van der Waals surface area contributed by atoms with Crippen LogP contribution in [-0.4, -0.2) is 19.9 Å². The van der Waals surface area contributed by atoms with E-state index in [1.807, 2.05) is 72.8 Å². The van der Waals surface area contributed by atoms with Crippen molar-refractivity contribution in [3.05, 3.63) is 93.5 Å². The van der Waals surface area contributed by atoms with E-state index in [1.165, 1.54) is 0 Å². The van der Waals surface area contributed by atoms with Gasteiger partial charge in [-0.25, -0.2) is 9.97 Å². The Balaban J connectivity index is 1.68. The van der Waals surface area contributed by atoms with E-state index in [0.29, 0.717) is 10.0 Å². The van der Waals surface area contributed by atoms with E-state index in [1.54, 1.807) is 6.07 Å². The van der Waals surface area contributed by atoms with Gasteiger partial charge in [-0.3, -0.25) is 0 Å². The van der Waals surface area contributed by atoms with Crippen molar-refractivity contribution < 1.29 is 0 Å². The maximum Gasteiger partial charge on any atom is 0.0658 e. The molecule has 0 spiro atoms. The number of H-pyrrole nitrogens is 2. The molecule has 6 rings (SSSR count). The van der Waals surface area contributed by atoms with Crippen LogP contribution in [0.1, 0.15) is 22.8 Å². The molecule has 0 amide bonds. The highest BCUT2D eigenvalue weighted by atomic mass is 35.5. The molecule has 32 heavy (non-hydrogen) atoms. The molecular formula is C26H16Cl2N4. The zero-order chi connectivity index (χ0) is 21.7. The van der Waals surface area contributed by atoms with Crippen molar-refractivity contribution in [2.24, 2.45) is 0 Å². The summed E-state index contributed by atoms with van der Waals surface area (Å²) in [6, 6.07) is 19.8. The van der Waals surface area contributed by atoms with Crippen LogP contribution in [0, 0.1) is 0 Å². The molecule has 2 aliphatic heterocycles. The van der Waals surface area contributed by atoms with Crippen LogP contribution in [0.2, 0.25) is 10.0 Å². The second-order valence-electron chi connectivity index (χ2n) is 7.71. The van der Waals surface area contributed by atoms with E-state index in [0.717, 1.165) is 56.0 Å². The van der Waals surface area contributed by atoms with Gasteiger partial charge in [0.1, 0.15) is 0 Å². The Kier molecular flexibility index (Phi) is 4.49. The Morgan fingerprint density at radius 3 is 1.75 bits per heavy atom. The highest BCUT2D eigenvalue weighted by Crippen LogP contribution is 2.34. The third-order valence-electron chi connectivity index (χ3n) is 5.39. The van der Waals surface area contributed by atoms with Crippen molar-refractivity contribution in [3.8, 4) is 11.1 Å². The van der Waals surface area contributed by atoms with Crippen LogP contribution in [0.15, 0.2) is 60.7 Å². The second kappa shape index (κ2) is 7.52. The number of hydrogen-bond acceptors (Lipinski definition) is 2. The number of hydrogen-bond donors (Lipinski definition) is 2. The molecule has 0 radical (unpaired) electrons. The minimum atomic E-state index is 0.596. The summed E-state index contributed by atoms with van der Waals surface area (Å²) in [7, 11) is 0. The van der Waals surface area contributed by atoms with Crippen LogP contribution >= 0.6 is 23.2 Å². The summed E-state index contributed by atoms with van der Waals surface area (Å²) in [5.41, 5.74) is 9.20. The molecule has 2 N–H and O–H groups in total. The van der Waals surface area contributed by atoms with Crippen molar-refractivity contribution in [2.75, 3.05) is 0 Å². The summed E-state index contributed by atoms with van der Waals surface area (Å²) in [5, 5.41) is 1.20. The summed E-state index contributed by atoms with van der Waals surface area (Å²) in [6.45, 7) is 0. The Morgan fingerprint density at radius 2 is 1.12 bits per heavy atom. The molecule has 0 saturated heterocycles. The first-order valence-corrected chi connectivity index (χ1v) is 10.9. The molecule has 5 heterocycles. The average Bonchev–Trinajstić information content (AvgIpc) is 3.53. The number of fused-ring (bicyclic) bond motifs is 8. The van der Waals surface area contributed by atoms with E-state index >= 15 is 0 Å². The zero-order valence-corrected chi connectivity index (χ0v) is 18.2. The monoisotopic (exact) mass is 454 g/mol. The van der Waals surface area contributed by atoms with E-state index in [9.17, 15) is 0 Å². The maximum atomic E-state index is 6.54. The molecule has 4 nitrogen and oxygen atoms in total. The summed E-state index contributed by atoms with van der Waals surface area (Å²) >= 11 is 12.7. The lowest BCUT2D eigenvalue weighted by atomic mass is 10.1. The van der Waals surface area contributed by atoms with Gasteiger partial charge in [0.15, 0.2) is 0 Å². The number of aromatic amines is 2. The van der Waals surface area contributed by atoms with E-state index in [2.05, 4.69) is 16.0 Å². The largest absolute Gasteiger partial charge is 0.355 e. The molecule has 2 aliphatic rings. The fourth-order valence-electron chi connectivity index (χ4n) is 3.95. The Bertz CT molecular complexity index is 1610. The molecule has 6 heteroatoms. The normalized spacial score (nSPS) is 12.4. The molecular weight excluding hydrogens is 439 g/mol. The van der Waals surface area contributed by atoms with Crippen molar-refractivity contribution in [1.82, 2.24) is 19.9 Å². The average molecular weight is 455 g/mol. The number of halogens is 2. The van der Waals surface area contributed by atoms with E-state index < -0.39 is 0 Å². The quantitative estimate of drug-likeness (QED) is 0.268. The number of nitrogens with one attached hydrogen (secondary N) is 2. The molecule has 0 atom stereocenters. The zero-order valence-electron chi connectivity index (χ0n) is 16.7. The third kappa shape index (κ3) is 3.64. The fraction of sp³-hybridized carbons (Fsp3) is 0. The molecule has 0 saturated carbocycles. The summed E-state index contributed by atoms with van der Waals surface area (Å²) < 4.78 is 0. The molecule has 0 fully saturated rings. The van der Waals surface area contributed by atoms with Crippen LogP contribution in [0.4, 0.5) is 0 Å². The van der Waals surface area contributed by atoms with Crippen LogP contribution in [0.25, 0.3) is 57.5 Å². The molecule has 4 aromatic rings. The van der Waals surface area contributed by atoms with Crippen LogP contribution < -0.4 is 0 Å². The van der Waals surface area contributed by atoms with Gasteiger partial charge in [-0.15, -0.1) is 0 Å². The van der Waals surface area contributed by atoms with Crippen LogP contribution in [0.5, 0.6) is 0 Å². The van der Waals surface area contributed by atoms with Crippen molar-refractivity contribution in [3.63, 3.8) is 0 Å². The summed E-state index contributed by atoms with van der Waals surface area (Å²) in [4.78, 5) is 16.4. The summed E-state index contributed by atoms with van der Waals surface area (Å²) in [6.07, 6.45) is 8.02. The Hall–Kier alpha value is -3.60. The highest BCUT2D eigenvalue weighted by molar-refractivity contribution is 6.36. The first-order valence-electron chi connectivity index (χ1n) is 10.1. The third-order valence-corrected chi connectivity index (χ3v) is 5.94. The molecule has 8 bridgehead atoms. The Labute approximate surface area is 193 Å². The van der Waals surface area contributed by atoms with Crippen molar-refractivity contribution in [1.29, 1.82) is 0 Å². The lowest BCUT2D eigenvalue weighted by Crippen LogP contribution is -1.79. The molecule has 154 valence electrons. The van der Waals surface area contributed by atoms with Gasteiger partial charge < -0.3 is 9.97 Å². The predicted molar refractivity (Wildman–Crippen MR) is 134 cm³/mol. The van der Waals surface area contributed by atoms with Gasteiger partial charge in [0.25, 0.3) is 0 Å². The van der Waals surface area contributed by atoms with Gasteiger partial charge in [0.2, 0.25) is 0 Å². The predicted octanol–water partition coefficient (Wildman–Crippen LogP) is 7.63. The minimum Gasteiger partial charge on any atom is -0.355 e. The van der Waals surface area contributed by atoms with Crippen LogP contribution in [0.3, 0.4) is 0 Å². The Morgan fingerprint density at radius 1 is 0.531 bits per heavy atom. The number of aromatic nitrogens is 4. The fourth-order valence-corrected chi connectivity index (χ4v) is 4.46. The smallest absolute Gasteiger partial charge is 0.0658 e. The van der Waals surface area contributed by atoms with Gasteiger partial charge >= 0.3 is 0 Å². The maximum absolute atomic E-state index is 6.54. The lowest BCUT2D eigenvalue weighted by molar-refractivity contribution is 1.31.